The van der Waals surface area contributed by atoms with Gasteiger partial charge in [0.15, 0.2) is 0 Å². The SMILES string of the molecule is CC(=O)Nc1ccc(C(O)c2cccc(C)c2)cc1.CC(C)=O. The van der Waals surface area contributed by atoms with Crippen LogP contribution in [-0.4, -0.2) is 16.8 Å². The molecule has 0 aromatic heterocycles. The Morgan fingerprint density at radius 2 is 1.52 bits per heavy atom. The molecule has 23 heavy (non-hydrogen) atoms. The van der Waals surface area contributed by atoms with Crippen molar-refractivity contribution in [3.05, 3.63) is 65.2 Å². The molecule has 2 aromatic carbocycles. The van der Waals surface area contributed by atoms with Crippen LogP contribution in [0.5, 0.6) is 0 Å². The molecule has 1 amide bonds. The molecule has 0 aliphatic carbocycles. The van der Waals surface area contributed by atoms with Crippen LogP contribution in [0.4, 0.5) is 5.69 Å². The molecule has 0 saturated heterocycles. The van der Waals surface area contributed by atoms with Crippen LogP contribution in [0.3, 0.4) is 0 Å². The third-order valence-corrected chi connectivity index (χ3v) is 2.90. The number of aliphatic hydroxyl groups excluding tert-OH is 1. The maximum Gasteiger partial charge on any atom is 0.221 e. The summed E-state index contributed by atoms with van der Waals surface area (Å²) in [4.78, 5) is 20.4. The van der Waals surface area contributed by atoms with Crippen molar-refractivity contribution in [1.29, 1.82) is 0 Å². The summed E-state index contributed by atoms with van der Waals surface area (Å²) in [5, 5.41) is 13.0. The Balaban J connectivity index is 0.000000593. The topological polar surface area (TPSA) is 66.4 Å². The van der Waals surface area contributed by atoms with Crippen LogP contribution >= 0.6 is 0 Å². The number of benzene rings is 2. The number of nitrogens with one attached hydrogen (secondary N) is 1. The smallest absolute Gasteiger partial charge is 0.221 e. The summed E-state index contributed by atoms with van der Waals surface area (Å²) in [5.41, 5.74) is 3.52. The largest absolute Gasteiger partial charge is 0.384 e. The van der Waals surface area contributed by atoms with Gasteiger partial charge in [-0.1, -0.05) is 42.0 Å². The van der Waals surface area contributed by atoms with Crippen molar-refractivity contribution in [2.75, 3.05) is 5.32 Å². The highest BCUT2D eigenvalue weighted by molar-refractivity contribution is 5.88. The molecule has 0 aliphatic rings. The molecular formula is C19H23NO3. The Labute approximate surface area is 137 Å². The normalized spacial score (nSPS) is 11.0. The van der Waals surface area contributed by atoms with E-state index in [4.69, 9.17) is 0 Å². The molecule has 0 aliphatic heterocycles. The highest BCUT2D eigenvalue weighted by Crippen LogP contribution is 2.23. The summed E-state index contributed by atoms with van der Waals surface area (Å²) in [7, 11) is 0. The first-order valence-electron chi connectivity index (χ1n) is 7.39. The molecular weight excluding hydrogens is 290 g/mol. The molecule has 0 saturated carbocycles. The van der Waals surface area contributed by atoms with Crippen LogP contribution in [-0.2, 0) is 9.59 Å². The molecule has 4 heteroatoms. The average molecular weight is 313 g/mol. The molecule has 4 nitrogen and oxygen atoms in total. The molecule has 2 rings (SSSR count). The van der Waals surface area contributed by atoms with Gasteiger partial charge in [-0.05, 0) is 44.0 Å². The summed E-state index contributed by atoms with van der Waals surface area (Å²) >= 11 is 0. The van der Waals surface area contributed by atoms with E-state index in [1.54, 1.807) is 12.1 Å². The number of ketones is 1. The van der Waals surface area contributed by atoms with Crippen molar-refractivity contribution in [2.45, 2.75) is 33.8 Å². The van der Waals surface area contributed by atoms with Gasteiger partial charge in [-0.3, -0.25) is 4.79 Å². The lowest BCUT2D eigenvalue weighted by Gasteiger charge is -2.13. The Kier molecular flexibility index (Phi) is 7.16. The van der Waals surface area contributed by atoms with E-state index in [1.165, 1.54) is 20.8 Å². The monoisotopic (exact) mass is 313 g/mol. The molecule has 0 bridgehead atoms. The fourth-order valence-electron chi connectivity index (χ4n) is 1.98. The summed E-state index contributed by atoms with van der Waals surface area (Å²) in [5.74, 6) is 0.0620. The molecule has 0 heterocycles. The number of hydrogen-bond donors (Lipinski definition) is 2. The first kappa shape index (κ1) is 18.6. The predicted octanol–water partition coefficient (Wildman–Crippen LogP) is 3.63. The number of carbonyl (C=O) groups is 2. The van der Waals surface area contributed by atoms with E-state index in [0.717, 1.165) is 22.4 Å². The lowest BCUT2D eigenvalue weighted by Crippen LogP contribution is -2.06. The summed E-state index contributed by atoms with van der Waals surface area (Å²) < 4.78 is 0. The summed E-state index contributed by atoms with van der Waals surface area (Å²) in [6.45, 7) is 6.52. The zero-order valence-electron chi connectivity index (χ0n) is 14.0. The molecule has 1 unspecified atom stereocenters. The number of amides is 1. The second kappa shape index (κ2) is 8.86. The van der Waals surface area contributed by atoms with Crippen molar-refractivity contribution in [2.24, 2.45) is 0 Å². The van der Waals surface area contributed by atoms with Crippen LogP contribution in [0.1, 0.15) is 43.6 Å². The van der Waals surface area contributed by atoms with Gasteiger partial charge >= 0.3 is 0 Å². The van der Waals surface area contributed by atoms with Gasteiger partial charge in [-0.15, -0.1) is 0 Å². The number of anilines is 1. The van der Waals surface area contributed by atoms with E-state index < -0.39 is 6.10 Å². The van der Waals surface area contributed by atoms with E-state index in [0.29, 0.717) is 0 Å². The molecule has 0 fully saturated rings. The Bertz CT molecular complexity index is 659. The number of carbonyl (C=O) groups excluding carboxylic acids is 2. The van der Waals surface area contributed by atoms with Gasteiger partial charge in [0, 0.05) is 12.6 Å². The van der Waals surface area contributed by atoms with Crippen molar-refractivity contribution in [1.82, 2.24) is 0 Å². The number of aryl methyl sites for hydroxylation is 1. The Morgan fingerprint density at radius 3 is 2.00 bits per heavy atom. The van der Waals surface area contributed by atoms with E-state index in [-0.39, 0.29) is 11.7 Å². The predicted molar refractivity (Wildman–Crippen MR) is 92.3 cm³/mol. The van der Waals surface area contributed by atoms with Crippen LogP contribution in [0.25, 0.3) is 0 Å². The van der Waals surface area contributed by atoms with Crippen LogP contribution in [0.2, 0.25) is 0 Å². The molecule has 2 N–H and O–H groups in total. The van der Waals surface area contributed by atoms with Gasteiger partial charge in [-0.25, -0.2) is 0 Å². The van der Waals surface area contributed by atoms with Gasteiger partial charge in [-0.2, -0.15) is 0 Å². The molecule has 0 spiro atoms. The number of Topliss-reactive ketones (excluding diaryl/α,β-unsaturated/α-hetero) is 1. The van der Waals surface area contributed by atoms with Gasteiger partial charge < -0.3 is 15.2 Å². The maximum atomic E-state index is 10.9. The first-order chi connectivity index (χ1) is 10.8. The third-order valence-electron chi connectivity index (χ3n) is 2.90. The Morgan fingerprint density at radius 1 is 0.957 bits per heavy atom. The van der Waals surface area contributed by atoms with Crippen LogP contribution in [0.15, 0.2) is 48.5 Å². The highest BCUT2D eigenvalue weighted by Gasteiger charge is 2.10. The Hall–Kier alpha value is -2.46. The van der Waals surface area contributed by atoms with Crippen LogP contribution in [0, 0.1) is 6.92 Å². The zero-order valence-corrected chi connectivity index (χ0v) is 14.0. The van der Waals surface area contributed by atoms with E-state index >= 15 is 0 Å². The minimum atomic E-state index is -0.647. The molecule has 2 aromatic rings. The summed E-state index contributed by atoms with van der Waals surface area (Å²) in [6.07, 6.45) is -0.647. The molecule has 1 atom stereocenters. The maximum absolute atomic E-state index is 10.9. The fraction of sp³-hybridized carbons (Fsp3) is 0.263. The van der Waals surface area contributed by atoms with Gasteiger partial charge in [0.25, 0.3) is 0 Å². The van der Waals surface area contributed by atoms with Gasteiger partial charge in [0.1, 0.15) is 11.9 Å². The van der Waals surface area contributed by atoms with Crippen LogP contribution < -0.4 is 5.32 Å². The molecule has 0 radical (unpaired) electrons. The van der Waals surface area contributed by atoms with Gasteiger partial charge in [0.05, 0.1) is 0 Å². The van der Waals surface area contributed by atoms with Crippen molar-refractivity contribution < 1.29 is 14.7 Å². The second-order valence-corrected chi connectivity index (χ2v) is 5.53. The van der Waals surface area contributed by atoms with E-state index in [9.17, 15) is 14.7 Å². The van der Waals surface area contributed by atoms with Gasteiger partial charge in [0.2, 0.25) is 5.91 Å². The lowest BCUT2D eigenvalue weighted by atomic mass is 10.00. The number of aliphatic hydroxyl groups is 1. The lowest BCUT2D eigenvalue weighted by molar-refractivity contribution is -0.115. The summed E-state index contributed by atoms with van der Waals surface area (Å²) in [6, 6.07) is 15.0. The minimum Gasteiger partial charge on any atom is -0.384 e. The highest BCUT2D eigenvalue weighted by atomic mass is 16.3. The quantitative estimate of drug-likeness (QED) is 0.909. The van der Waals surface area contributed by atoms with E-state index in [1.807, 2.05) is 43.3 Å². The zero-order chi connectivity index (χ0) is 17.4. The average Bonchev–Trinajstić information content (AvgIpc) is 2.46. The minimum absolute atomic E-state index is 0.105. The number of rotatable bonds is 3. The van der Waals surface area contributed by atoms with Crippen molar-refractivity contribution in [3.8, 4) is 0 Å². The van der Waals surface area contributed by atoms with Crippen molar-refractivity contribution >= 4 is 17.4 Å². The van der Waals surface area contributed by atoms with E-state index in [2.05, 4.69) is 5.32 Å². The van der Waals surface area contributed by atoms with Crippen molar-refractivity contribution in [3.63, 3.8) is 0 Å². The first-order valence-corrected chi connectivity index (χ1v) is 7.39. The standard InChI is InChI=1S/C16H17NO2.C3H6O/c1-11-4-3-5-14(10-11)16(19)13-6-8-15(9-7-13)17-12(2)18;1-3(2)4/h3-10,16,19H,1-2H3,(H,17,18);1-2H3. The fourth-order valence-corrected chi connectivity index (χ4v) is 1.98. The second-order valence-electron chi connectivity index (χ2n) is 5.53. The third kappa shape index (κ3) is 6.89. The number of hydrogen-bond acceptors (Lipinski definition) is 3. The molecule has 122 valence electrons.